The third kappa shape index (κ3) is 2.66. The summed E-state index contributed by atoms with van der Waals surface area (Å²) in [6.07, 6.45) is 3.65. The molecule has 4 aromatic heterocycles. The summed E-state index contributed by atoms with van der Waals surface area (Å²) >= 11 is 1.51. The molecule has 1 N–H and O–H groups in total. The quantitative estimate of drug-likeness (QED) is 0.598. The van der Waals surface area contributed by atoms with Crippen molar-refractivity contribution < 1.29 is 5.11 Å². The van der Waals surface area contributed by atoms with Gasteiger partial charge in [-0.05, 0) is 44.5 Å². The maximum absolute atomic E-state index is 10.5. The van der Waals surface area contributed by atoms with E-state index in [0.29, 0.717) is 22.9 Å². The monoisotopic (exact) mass is 351 g/mol. The zero-order valence-corrected chi connectivity index (χ0v) is 14.9. The molecule has 0 saturated carbocycles. The molecule has 25 heavy (non-hydrogen) atoms. The Morgan fingerprint density at radius 1 is 1.12 bits per heavy atom. The minimum atomic E-state index is -0.0195. The molecule has 0 atom stereocenters. The first-order valence-electron chi connectivity index (χ1n) is 8.01. The molecule has 0 saturated heterocycles. The van der Waals surface area contributed by atoms with Crippen LogP contribution >= 0.6 is 11.3 Å². The smallest absolute Gasteiger partial charge is 0.223 e. The van der Waals surface area contributed by atoms with Crippen molar-refractivity contribution in [3.63, 3.8) is 0 Å². The summed E-state index contributed by atoms with van der Waals surface area (Å²) in [5.41, 5.74) is 2.46. The van der Waals surface area contributed by atoms with E-state index >= 15 is 0 Å². The summed E-state index contributed by atoms with van der Waals surface area (Å²) in [6.45, 7) is 6.14. The molecule has 4 rings (SSSR count). The fourth-order valence-electron chi connectivity index (χ4n) is 2.72. The minimum absolute atomic E-state index is 0.0195. The number of fused-ring (bicyclic) bond motifs is 1. The molecule has 6 nitrogen and oxygen atoms in total. The molecule has 0 radical (unpaired) electrons. The van der Waals surface area contributed by atoms with Gasteiger partial charge in [0.25, 0.3) is 0 Å². The van der Waals surface area contributed by atoms with Crippen LogP contribution in [-0.2, 0) is 0 Å². The number of thiophene rings is 1. The Hall–Kier alpha value is -2.80. The van der Waals surface area contributed by atoms with Crippen LogP contribution in [-0.4, -0.2) is 29.8 Å². The molecule has 4 heterocycles. The molecule has 0 bridgehead atoms. The molecule has 4 aromatic rings. The molecule has 0 unspecified atom stereocenters. The molecule has 0 aliphatic carbocycles. The van der Waals surface area contributed by atoms with E-state index < -0.39 is 0 Å². The predicted molar refractivity (Wildman–Crippen MR) is 98.7 cm³/mol. The van der Waals surface area contributed by atoms with Gasteiger partial charge >= 0.3 is 0 Å². The number of aromatic hydroxyl groups is 1. The highest BCUT2D eigenvalue weighted by atomic mass is 32.1. The first kappa shape index (κ1) is 15.7. The second-order valence-corrected chi connectivity index (χ2v) is 7.10. The first-order valence-corrected chi connectivity index (χ1v) is 8.83. The lowest BCUT2D eigenvalue weighted by atomic mass is 10.2. The lowest BCUT2D eigenvalue weighted by Crippen LogP contribution is -2.00. The topological polar surface area (TPSA) is 76.7 Å². The molecule has 0 aliphatic heterocycles. The van der Waals surface area contributed by atoms with Crippen LogP contribution in [0.25, 0.3) is 32.3 Å². The Bertz CT molecular complexity index is 1050. The number of aromatic nitrogens is 5. The molecule has 0 spiro atoms. The normalized spacial score (nSPS) is 11.5. The summed E-state index contributed by atoms with van der Waals surface area (Å²) in [4.78, 5) is 14.8. The van der Waals surface area contributed by atoms with Crippen LogP contribution in [0.2, 0.25) is 0 Å². The Morgan fingerprint density at radius 3 is 2.64 bits per heavy atom. The lowest BCUT2D eigenvalue weighted by molar-refractivity contribution is 0.460. The number of aryl methyl sites for hydroxylation is 1. The van der Waals surface area contributed by atoms with Crippen LogP contribution in [0, 0.1) is 6.92 Å². The van der Waals surface area contributed by atoms with E-state index in [-0.39, 0.29) is 5.88 Å². The van der Waals surface area contributed by atoms with Gasteiger partial charge in [-0.25, -0.2) is 4.98 Å². The predicted octanol–water partition coefficient (Wildman–Crippen LogP) is 4.21. The van der Waals surface area contributed by atoms with E-state index in [1.165, 1.54) is 11.3 Å². The van der Waals surface area contributed by atoms with E-state index in [1.54, 1.807) is 6.20 Å². The molecule has 126 valence electrons. The van der Waals surface area contributed by atoms with Gasteiger partial charge in [0.15, 0.2) is 5.82 Å². The van der Waals surface area contributed by atoms with E-state index in [4.69, 9.17) is 0 Å². The SMILES string of the molecule is Cc1c(-c2ccn(C(C)C)n2)sc2nc(-c3ccccn3)nc(O)c12. The third-order valence-electron chi connectivity index (χ3n) is 4.04. The number of rotatable bonds is 3. The van der Waals surface area contributed by atoms with Crippen molar-refractivity contribution in [2.45, 2.75) is 26.8 Å². The van der Waals surface area contributed by atoms with Gasteiger partial charge < -0.3 is 5.11 Å². The standard InChI is InChI=1S/C18H17N5OS/c1-10(2)23-9-7-12(22-23)15-11(3)14-17(24)20-16(21-18(14)25-15)13-6-4-5-8-19-13/h4-10H,1-3H3,(H,20,21,24). The molecule has 0 aliphatic rings. The maximum Gasteiger partial charge on any atom is 0.223 e. The minimum Gasteiger partial charge on any atom is -0.493 e. The van der Waals surface area contributed by atoms with Gasteiger partial charge in [0.2, 0.25) is 5.88 Å². The highest BCUT2D eigenvalue weighted by molar-refractivity contribution is 7.22. The van der Waals surface area contributed by atoms with Gasteiger partial charge in [-0.2, -0.15) is 10.1 Å². The van der Waals surface area contributed by atoms with Crippen LogP contribution < -0.4 is 0 Å². The van der Waals surface area contributed by atoms with Gasteiger partial charge in [-0.15, -0.1) is 11.3 Å². The number of nitrogens with zero attached hydrogens (tertiary/aromatic N) is 5. The second-order valence-electron chi connectivity index (χ2n) is 6.10. The molecule has 7 heteroatoms. The van der Waals surface area contributed by atoms with Crippen LogP contribution in [0.15, 0.2) is 36.7 Å². The van der Waals surface area contributed by atoms with Crippen LogP contribution in [0.1, 0.15) is 25.5 Å². The van der Waals surface area contributed by atoms with Crippen molar-refractivity contribution in [3.8, 4) is 28.0 Å². The third-order valence-corrected chi connectivity index (χ3v) is 5.24. The van der Waals surface area contributed by atoms with Crippen LogP contribution in [0.3, 0.4) is 0 Å². The van der Waals surface area contributed by atoms with Crippen LogP contribution in [0.5, 0.6) is 5.88 Å². The van der Waals surface area contributed by atoms with Gasteiger partial charge in [-0.1, -0.05) is 6.07 Å². The van der Waals surface area contributed by atoms with Crippen molar-refractivity contribution in [2.24, 2.45) is 0 Å². The van der Waals surface area contributed by atoms with E-state index in [9.17, 15) is 5.11 Å². The Morgan fingerprint density at radius 2 is 1.96 bits per heavy atom. The second kappa shape index (κ2) is 5.93. The van der Waals surface area contributed by atoms with E-state index in [0.717, 1.165) is 21.0 Å². The van der Waals surface area contributed by atoms with Crippen molar-refractivity contribution in [1.82, 2.24) is 24.7 Å². The molecule has 0 fully saturated rings. The summed E-state index contributed by atoms with van der Waals surface area (Å²) in [5, 5.41) is 15.8. The number of hydrogen-bond acceptors (Lipinski definition) is 6. The fourth-order valence-corrected chi connectivity index (χ4v) is 3.86. The Balaban J connectivity index is 1.88. The van der Waals surface area contributed by atoms with Crippen molar-refractivity contribution in [3.05, 3.63) is 42.2 Å². The average molecular weight is 351 g/mol. The molecule has 0 amide bonds. The zero-order valence-electron chi connectivity index (χ0n) is 14.1. The van der Waals surface area contributed by atoms with Gasteiger partial charge in [0.1, 0.15) is 16.2 Å². The average Bonchev–Trinajstić information content (AvgIpc) is 3.21. The van der Waals surface area contributed by atoms with Gasteiger partial charge in [0.05, 0.1) is 10.3 Å². The van der Waals surface area contributed by atoms with Crippen LogP contribution in [0.4, 0.5) is 0 Å². The van der Waals surface area contributed by atoms with Crippen molar-refractivity contribution >= 4 is 21.6 Å². The van der Waals surface area contributed by atoms with Gasteiger partial charge in [-0.3, -0.25) is 9.67 Å². The highest BCUT2D eigenvalue weighted by Crippen LogP contribution is 2.40. The largest absolute Gasteiger partial charge is 0.493 e. The van der Waals surface area contributed by atoms with Gasteiger partial charge in [0, 0.05) is 18.4 Å². The number of hydrogen-bond donors (Lipinski definition) is 1. The zero-order chi connectivity index (χ0) is 17.6. The summed E-state index contributed by atoms with van der Waals surface area (Å²) in [6, 6.07) is 7.82. The molecular weight excluding hydrogens is 334 g/mol. The molecule has 0 aromatic carbocycles. The van der Waals surface area contributed by atoms with Crippen molar-refractivity contribution in [1.29, 1.82) is 0 Å². The highest BCUT2D eigenvalue weighted by Gasteiger charge is 2.19. The summed E-state index contributed by atoms with van der Waals surface area (Å²) in [5.74, 6) is 0.403. The summed E-state index contributed by atoms with van der Waals surface area (Å²) in [7, 11) is 0. The Kier molecular flexibility index (Phi) is 3.73. The Labute approximate surface area is 148 Å². The van der Waals surface area contributed by atoms with Crippen molar-refractivity contribution in [2.75, 3.05) is 0 Å². The lowest BCUT2D eigenvalue weighted by Gasteiger charge is -2.03. The van der Waals surface area contributed by atoms with E-state index in [2.05, 4.69) is 33.9 Å². The van der Waals surface area contributed by atoms with E-state index in [1.807, 2.05) is 42.1 Å². The maximum atomic E-state index is 10.5. The first-order chi connectivity index (χ1) is 12.0. The summed E-state index contributed by atoms with van der Waals surface area (Å²) < 4.78 is 1.92. The number of pyridine rings is 1. The molecular formula is C18H17N5OS. The fraction of sp³-hybridized carbons (Fsp3) is 0.222.